The van der Waals surface area contributed by atoms with Crippen molar-refractivity contribution in [2.45, 2.75) is 52.4 Å². The SMILES string of the molecule is CC(C)n1ccc(N2c3ccccc3N(C(C)(C)c3nc4ccccc4n3C)[C@@H]2C)[n+]1C. The van der Waals surface area contributed by atoms with Gasteiger partial charge in [-0.05, 0) is 58.9 Å². The molecule has 6 heteroatoms. The highest BCUT2D eigenvalue weighted by molar-refractivity contribution is 5.83. The minimum Gasteiger partial charge on any atom is -0.329 e. The monoisotopic (exact) mass is 429 g/mol. The van der Waals surface area contributed by atoms with Crippen molar-refractivity contribution >= 4 is 28.2 Å². The number of nitrogens with zero attached hydrogens (tertiary/aromatic N) is 6. The molecule has 3 heterocycles. The maximum absolute atomic E-state index is 5.07. The normalized spacial score (nSPS) is 16.4. The van der Waals surface area contributed by atoms with Gasteiger partial charge in [0.2, 0.25) is 0 Å². The maximum Gasteiger partial charge on any atom is 0.303 e. The summed E-state index contributed by atoms with van der Waals surface area (Å²) in [6, 6.07) is 19.7. The van der Waals surface area contributed by atoms with Crippen LogP contribution in [0.4, 0.5) is 17.2 Å². The third-order valence-corrected chi connectivity index (χ3v) is 6.91. The van der Waals surface area contributed by atoms with Crippen LogP contribution in [0, 0.1) is 0 Å². The molecule has 0 N–H and O–H groups in total. The first-order valence-corrected chi connectivity index (χ1v) is 11.4. The van der Waals surface area contributed by atoms with Crippen LogP contribution in [0.2, 0.25) is 0 Å². The minimum absolute atomic E-state index is 0.122. The van der Waals surface area contributed by atoms with Gasteiger partial charge in [0.05, 0.1) is 34.5 Å². The topological polar surface area (TPSA) is 33.1 Å². The Balaban J connectivity index is 1.66. The predicted octanol–water partition coefficient (Wildman–Crippen LogP) is 5.02. The molecule has 0 amide bonds. The van der Waals surface area contributed by atoms with Crippen molar-refractivity contribution in [3.8, 4) is 0 Å². The Morgan fingerprint density at radius 2 is 1.62 bits per heavy atom. The van der Waals surface area contributed by atoms with E-state index in [1.165, 1.54) is 17.2 Å². The molecular weight excluding hydrogens is 396 g/mol. The third kappa shape index (κ3) is 2.78. The Bertz CT molecular complexity index is 1290. The molecule has 0 saturated carbocycles. The number of hydrogen-bond acceptors (Lipinski definition) is 3. The van der Waals surface area contributed by atoms with Crippen molar-refractivity contribution in [2.75, 3.05) is 9.80 Å². The van der Waals surface area contributed by atoms with Crippen LogP contribution >= 0.6 is 0 Å². The van der Waals surface area contributed by atoms with Crippen molar-refractivity contribution in [1.29, 1.82) is 0 Å². The zero-order valence-electron chi connectivity index (χ0n) is 20.1. The summed E-state index contributed by atoms with van der Waals surface area (Å²) < 4.78 is 6.76. The molecule has 5 rings (SSSR count). The summed E-state index contributed by atoms with van der Waals surface area (Å²) >= 11 is 0. The van der Waals surface area contributed by atoms with Crippen LogP contribution in [0.5, 0.6) is 0 Å². The van der Waals surface area contributed by atoms with Gasteiger partial charge in [-0.3, -0.25) is 0 Å². The van der Waals surface area contributed by atoms with Crippen LogP contribution in [0.1, 0.15) is 46.5 Å². The summed E-state index contributed by atoms with van der Waals surface area (Å²) in [6.07, 6.45) is 2.30. The van der Waals surface area contributed by atoms with Gasteiger partial charge in [0, 0.05) is 13.1 Å². The number of aryl methyl sites for hydroxylation is 1. The smallest absolute Gasteiger partial charge is 0.303 e. The van der Waals surface area contributed by atoms with E-state index in [-0.39, 0.29) is 11.7 Å². The van der Waals surface area contributed by atoms with Crippen molar-refractivity contribution in [2.24, 2.45) is 14.1 Å². The summed E-state index contributed by atoms with van der Waals surface area (Å²) in [6.45, 7) is 11.3. The molecule has 0 aliphatic carbocycles. The summed E-state index contributed by atoms with van der Waals surface area (Å²) in [7, 11) is 4.27. The van der Waals surface area contributed by atoms with Crippen LogP contribution in [-0.4, -0.2) is 20.4 Å². The number of anilines is 3. The lowest BCUT2D eigenvalue weighted by atomic mass is 10.00. The van der Waals surface area contributed by atoms with Crippen LogP contribution in [0.25, 0.3) is 11.0 Å². The number of aromatic nitrogens is 4. The van der Waals surface area contributed by atoms with Gasteiger partial charge >= 0.3 is 5.82 Å². The Labute approximate surface area is 190 Å². The predicted molar refractivity (Wildman–Crippen MR) is 130 cm³/mol. The highest BCUT2D eigenvalue weighted by atomic mass is 15.5. The third-order valence-electron chi connectivity index (χ3n) is 6.91. The molecule has 1 aliphatic heterocycles. The molecule has 166 valence electrons. The second-order valence-electron chi connectivity index (χ2n) is 9.57. The summed E-state index contributed by atoms with van der Waals surface area (Å²) in [5.74, 6) is 2.24. The van der Waals surface area contributed by atoms with Crippen LogP contribution in [-0.2, 0) is 19.6 Å². The number of hydrogen-bond donors (Lipinski definition) is 0. The quantitative estimate of drug-likeness (QED) is 0.427. The molecule has 32 heavy (non-hydrogen) atoms. The molecule has 0 radical (unpaired) electrons. The van der Waals surface area contributed by atoms with E-state index in [0.29, 0.717) is 6.04 Å². The van der Waals surface area contributed by atoms with Gasteiger partial charge < -0.3 is 9.47 Å². The summed E-state index contributed by atoms with van der Waals surface area (Å²) in [5, 5.41) is 0. The number of benzene rings is 2. The van der Waals surface area contributed by atoms with Crippen molar-refractivity contribution < 1.29 is 4.68 Å². The molecule has 0 fully saturated rings. The Morgan fingerprint density at radius 1 is 0.969 bits per heavy atom. The fraction of sp³-hybridized carbons (Fsp3) is 0.385. The molecule has 1 aliphatic rings. The molecule has 2 aromatic carbocycles. The number of fused-ring (bicyclic) bond motifs is 2. The first kappa shape index (κ1) is 20.6. The van der Waals surface area contributed by atoms with Gasteiger partial charge in [-0.25, -0.2) is 14.6 Å². The molecule has 2 aromatic heterocycles. The van der Waals surface area contributed by atoms with Gasteiger partial charge in [-0.1, -0.05) is 24.3 Å². The largest absolute Gasteiger partial charge is 0.329 e. The van der Waals surface area contributed by atoms with E-state index in [1.54, 1.807) is 0 Å². The fourth-order valence-corrected chi connectivity index (χ4v) is 5.50. The lowest BCUT2D eigenvalue weighted by molar-refractivity contribution is -0.744. The van der Waals surface area contributed by atoms with Crippen molar-refractivity contribution in [3.05, 3.63) is 66.6 Å². The highest BCUT2D eigenvalue weighted by Gasteiger charge is 2.49. The molecule has 0 bridgehead atoms. The van der Waals surface area contributed by atoms with Gasteiger partial charge in [-0.2, -0.15) is 4.68 Å². The van der Waals surface area contributed by atoms with Crippen molar-refractivity contribution in [3.63, 3.8) is 0 Å². The fourth-order valence-electron chi connectivity index (χ4n) is 5.50. The van der Waals surface area contributed by atoms with E-state index >= 15 is 0 Å². The second kappa shape index (κ2) is 7.12. The van der Waals surface area contributed by atoms with E-state index in [2.05, 4.69) is 133 Å². The van der Waals surface area contributed by atoms with Gasteiger partial charge in [0.15, 0.2) is 11.9 Å². The Hall–Kier alpha value is -3.28. The first-order chi connectivity index (χ1) is 15.2. The van der Waals surface area contributed by atoms with Crippen LogP contribution in [0.3, 0.4) is 0 Å². The Morgan fingerprint density at radius 3 is 2.28 bits per heavy atom. The van der Waals surface area contributed by atoms with Crippen LogP contribution in [0.15, 0.2) is 60.8 Å². The van der Waals surface area contributed by atoms with Crippen LogP contribution < -0.4 is 14.5 Å². The summed E-state index contributed by atoms with van der Waals surface area (Å²) in [5.41, 5.74) is 4.33. The van der Waals surface area contributed by atoms with E-state index in [1.807, 2.05) is 0 Å². The van der Waals surface area contributed by atoms with Gasteiger partial charge in [0.1, 0.15) is 12.9 Å². The zero-order valence-corrected chi connectivity index (χ0v) is 20.1. The second-order valence-corrected chi connectivity index (χ2v) is 9.57. The lowest BCUT2D eigenvalue weighted by Gasteiger charge is -2.39. The molecular formula is C26H33N6+. The molecule has 4 aromatic rings. The molecule has 0 spiro atoms. The van der Waals surface area contributed by atoms with Crippen molar-refractivity contribution in [1.82, 2.24) is 14.2 Å². The highest BCUT2D eigenvalue weighted by Crippen LogP contribution is 2.48. The average Bonchev–Trinajstić information content (AvgIpc) is 3.39. The maximum atomic E-state index is 5.07. The average molecular weight is 430 g/mol. The van der Waals surface area contributed by atoms with Gasteiger partial charge in [0.25, 0.3) is 0 Å². The molecule has 1 atom stereocenters. The van der Waals surface area contributed by atoms with E-state index in [9.17, 15) is 0 Å². The number of para-hydroxylation sites is 4. The first-order valence-electron chi connectivity index (χ1n) is 11.4. The minimum atomic E-state index is -0.322. The number of imidazole rings is 1. The molecule has 6 nitrogen and oxygen atoms in total. The molecule has 0 saturated heterocycles. The standard InChI is InChI=1S/C26H33N6/c1-18(2)30-17-16-24(29(30)7)31-19(3)32(23-15-11-10-14-22(23)31)26(4,5)25-27-20-12-8-9-13-21(20)28(25)6/h8-19H,1-7H3/q+1/t19-/m1/s1. The lowest BCUT2D eigenvalue weighted by Crippen LogP contribution is -2.52. The Kier molecular flexibility index (Phi) is 4.59. The van der Waals surface area contributed by atoms with E-state index < -0.39 is 0 Å². The van der Waals surface area contributed by atoms with Gasteiger partial charge in [-0.15, -0.1) is 0 Å². The van der Waals surface area contributed by atoms with E-state index in [0.717, 1.165) is 16.9 Å². The number of rotatable bonds is 4. The van der Waals surface area contributed by atoms with E-state index in [4.69, 9.17) is 4.98 Å². The summed E-state index contributed by atoms with van der Waals surface area (Å²) in [4.78, 5) is 10.0. The zero-order chi connectivity index (χ0) is 22.8. The molecule has 0 unspecified atom stereocenters.